The Hall–Kier alpha value is -0.920. The number of carboxylic acids is 1. The van der Waals surface area contributed by atoms with Gasteiger partial charge in [-0.15, -0.1) is 11.3 Å². The van der Waals surface area contributed by atoms with Crippen LogP contribution in [0.4, 0.5) is 0 Å². The van der Waals surface area contributed by atoms with Crippen molar-refractivity contribution in [2.45, 2.75) is 6.54 Å². The monoisotopic (exact) mass is 263 g/mol. The van der Waals surface area contributed by atoms with Crippen molar-refractivity contribution < 1.29 is 18.3 Å². The average molecular weight is 263 g/mol. The van der Waals surface area contributed by atoms with Gasteiger partial charge in [0.15, 0.2) is 0 Å². The van der Waals surface area contributed by atoms with Gasteiger partial charge in [0.1, 0.15) is 9.84 Å². The zero-order valence-corrected chi connectivity index (χ0v) is 10.4. The lowest BCUT2D eigenvalue weighted by molar-refractivity contribution is 0.0697. The number of sulfone groups is 1. The van der Waals surface area contributed by atoms with Gasteiger partial charge in [-0.3, -0.25) is 0 Å². The molecule has 0 atom stereocenters. The lowest BCUT2D eigenvalue weighted by atomic mass is 10.3. The van der Waals surface area contributed by atoms with Crippen molar-refractivity contribution in [2.75, 3.05) is 18.6 Å². The van der Waals surface area contributed by atoms with Crippen LogP contribution in [0.25, 0.3) is 0 Å². The largest absolute Gasteiger partial charge is 0.478 e. The molecule has 0 aromatic carbocycles. The van der Waals surface area contributed by atoms with E-state index in [1.54, 1.807) is 11.4 Å². The Morgan fingerprint density at radius 2 is 2.25 bits per heavy atom. The Morgan fingerprint density at radius 1 is 1.56 bits per heavy atom. The van der Waals surface area contributed by atoms with E-state index < -0.39 is 15.8 Å². The summed E-state index contributed by atoms with van der Waals surface area (Å²) in [6.45, 7) is 0.868. The summed E-state index contributed by atoms with van der Waals surface area (Å²) in [6.07, 6.45) is 1.18. The first-order valence-corrected chi connectivity index (χ1v) is 7.51. The number of carbonyl (C=O) groups is 1. The summed E-state index contributed by atoms with van der Waals surface area (Å²) in [6, 6.07) is 1.58. The Morgan fingerprint density at radius 3 is 2.75 bits per heavy atom. The van der Waals surface area contributed by atoms with Gasteiger partial charge in [0, 0.05) is 29.6 Å². The molecule has 0 spiro atoms. The van der Waals surface area contributed by atoms with Crippen molar-refractivity contribution in [1.82, 2.24) is 5.32 Å². The van der Waals surface area contributed by atoms with Crippen molar-refractivity contribution >= 4 is 27.1 Å². The van der Waals surface area contributed by atoms with E-state index in [0.717, 1.165) is 4.88 Å². The van der Waals surface area contributed by atoms with Crippen molar-refractivity contribution in [2.24, 2.45) is 0 Å². The van der Waals surface area contributed by atoms with E-state index in [9.17, 15) is 13.2 Å². The molecule has 0 aliphatic rings. The fraction of sp³-hybridized carbons (Fsp3) is 0.444. The van der Waals surface area contributed by atoms with Gasteiger partial charge in [-0.1, -0.05) is 0 Å². The molecule has 7 heteroatoms. The van der Waals surface area contributed by atoms with E-state index in [1.165, 1.54) is 17.6 Å². The highest BCUT2D eigenvalue weighted by Gasteiger charge is 2.06. The van der Waals surface area contributed by atoms with Crippen molar-refractivity contribution in [3.8, 4) is 0 Å². The second-order valence-electron chi connectivity index (χ2n) is 3.41. The maximum Gasteiger partial charge on any atom is 0.336 e. The molecule has 90 valence electrons. The summed E-state index contributed by atoms with van der Waals surface area (Å²) in [5, 5.41) is 13.2. The third kappa shape index (κ3) is 4.73. The summed E-state index contributed by atoms with van der Waals surface area (Å²) < 4.78 is 21.6. The van der Waals surface area contributed by atoms with Gasteiger partial charge in [-0.2, -0.15) is 0 Å². The number of hydrogen-bond acceptors (Lipinski definition) is 5. The van der Waals surface area contributed by atoms with Crippen LogP contribution in [0.15, 0.2) is 11.4 Å². The number of thiophene rings is 1. The van der Waals surface area contributed by atoms with Crippen LogP contribution < -0.4 is 5.32 Å². The summed E-state index contributed by atoms with van der Waals surface area (Å²) in [5.74, 6) is -0.858. The van der Waals surface area contributed by atoms with Gasteiger partial charge in [0.2, 0.25) is 0 Å². The summed E-state index contributed by atoms with van der Waals surface area (Å²) in [4.78, 5) is 11.5. The van der Waals surface area contributed by atoms with Crippen LogP contribution in [0, 0.1) is 0 Å². The minimum atomic E-state index is -2.94. The van der Waals surface area contributed by atoms with Gasteiger partial charge in [-0.05, 0) is 6.07 Å². The summed E-state index contributed by atoms with van der Waals surface area (Å²) >= 11 is 1.34. The van der Waals surface area contributed by atoms with Crippen molar-refractivity contribution in [1.29, 1.82) is 0 Å². The van der Waals surface area contributed by atoms with Crippen LogP contribution in [0.3, 0.4) is 0 Å². The summed E-state index contributed by atoms with van der Waals surface area (Å²) in [5.41, 5.74) is 0.268. The van der Waals surface area contributed by atoms with Crippen LogP contribution in [0.2, 0.25) is 0 Å². The maximum atomic E-state index is 10.8. The molecule has 2 N–H and O–H groups in total. The van der Waals surface area contributed by atoms with E-state index >= 15 is 0 Å². The Labute approximate surface area is 98.0 Å². The number of carboxylic acid groups (broad SMARTS) is 1. The van der Waals surface area contributed by atoms with Gasteiger partial charge < -0.3 is 10.4 Å². The van der Waals surface area contributed by atoms with Crippen molar-refractivity contribution in [3.05, 3.63) is 21.9 Å². The highest BCUT2D eigenvalue weighted by atomic mass is 32.2. The minimum absolute atomic E-state index is 0.0875. The molecular weight excluding hydrogens is 250 g/mol. The van der Waals surface area contributed by atoms with Crippen LogP contribution in [-0.4, -0.2) is 38.0 Å². The molecule has 0 amide bonds. The molecule has 0 aliphatic carbocycles. The van der Waals surface area contributed by atoms with Crippen LogP contribution in [0.5, 0.6) is 0 Å². The van der Waals surface area contributed by atoms with E-state index in [-0.39, 0.29) is 11.3 Å². The first-order valence-electron chi connectivity index (χ1n) is 4.57. The molecule has 5 nitrogen and oxygen atoms in total. The maximum absolute atomic E-state index is 10.8. The molecule has 0 radical (unpaired) electrons. The molecule has 0 fully saturated rings. The van der Waals surface area contributed by atoms with Gasteiger partial charge in [0.25, 0.3) is 0 Å². The molecule has 0 aliphatic heterocycles. The zero-order chi connectivity index (χ0) is 12.2. The number of aromatic carboxylic acids is 1. The second-order valence-corrected chi connectivity index (χ2v) is 6.67. The van der Waals surface area contributed by atoms with E-state index in [2.05, 4.69) is 5.32 Å². The highest BCUT2D eigenvalue weighted by molar-refractivity contribution is 7.90. The standard InChI is InChI=1S/C9H13NO4S2/c1-16(13,14)3-2-10-5-8-4-7(6-15-8)9(11)12/h4,6,10H,2-3,5H2,1H3,(H,11,12). The Bertz CT molecular complexity index is 464. The average Bonchev–Trinajstić information content (AvgIpc) is 2.59. The SMILES string of the molecule is CS(=O)(=O)CCNCc1cc(C(=O)O)cs1. The predicted octanol–water partition coefficient (Wildman–Crippen LogP) is 0.581. The third-order valence-electron chi connectivity index (χ3n) is 1.85. The Balaban J connectivity index is 2.35. The first-order chi connectivity index (χ1) is 7.38. The number of rotatable bonds is 6. The highest BCUT2D eigenvalue weighted by Crippen LogP contribution is 2.14. The number of hydrogen-bond donors (Lipinski definition) is 2. The number of nitrogens with one attached hydrogen (secondary N) is 1. The first kappa shape index (κ1) is 13.1. The fourth-order valence-corrected chi connectivity index (χ4v) is 2.40. The molecule has 16 heavy (non-hydrogen) atoms. The predicted molar refractivity (Wildman–Crippen MR) is 62.7 cm³/mol. The van der Waals surface area contributed by atoms with Gasteiger partial charge in [-0.25, -0.2) is 13.2 Å². The smallest absolute Gasteiger partial charge is 0.336 e. The van der Waals surface area contributed by atoms with Gasteiger partial charge in [0.05, 0.1) is 11.3 Å². The molecule has 0 bridgehead atoms. The normalized spacial score (nSPS) is 11.6. The van der Waals surface area contributed by atoms with Crippen LogP contribution in [0.1, 0.15) is 15.2 Å². The zero-order valence-electron chi connectivity index (χ0n) is 8.76. The lowest BCUT2D eigenvalue weighted by Crippen LogP contribution is -2.21. The van der Waals surface area contributed by atoms with Crippen LogP contribution >= 0.6 is 11.3 Å². The molecule has 1 aromatic heterocycles. The Kier molecular flexibility index (Phi) is 4.45. The molecule has 0 saturated carbocycles. The quantitative estimate of drug-likeness (QED) is 0.734. The van der Waals surface area contributed by atoms with Crippen LogP contribution in [-0.2, 0) is 16.4 Å². The van der Waals surface area contributed by atoms with E-state index in [0.29, 0.717) is 13.1 Å². The van der Waals surface area contributed by atoms with E-state index in [4.69, 9.17) is 5.11 Å². The third-order valence-corrected chi connectivity index (χ3v) is 3.73. The summed E-state index contributed by atoms with van der Waals surface area (Å²) in [7, 11) is -2.94. The molecular formula is C9H13NO4S2. The molecule has 0 unspecified atom stereocenters. The lowest BCUT2D eigenvalue weighted by Gasteiger charge is -2.00. The second kappa shape index (κ2) is 5.42. The van der Waals surface area contributed by atoms with Gasteiger partial charge >= 0.3 is 5.97 Å². The molecule has 1 heterocycles. The minimum Gasteiger partial charge on any atom is -0.478 e. The van der Waals surface area contributed by atoms with E-state index in [1.807, 2.05) is 0 Å². The molecule has 0 saturated heterocycles. The van der Waals surface area contributed by atoms with Crippen molar-refractivity contribution in [3.63, 3.8) is 0 Å². The molecule has 1 aromatic rings. The molecule has 1 rings (SSSR count). The fourth-order valence-electron chi connectivity index (χ4n) is 1.05. The topological polar surface area (TPSA) is 83.5 Å².